The summed E-state index contributed by atoms with van der Waals surface area (Å²) in [5.74, 6) is 3.61. The van der Waals surface area contributed by atoms with Crippen LogP contribution in [0.2, 0.25) is 0 Å². The van der Waals surface area contributed by atoms with E-state index < -0.39 is 0 Å². The maximum absolute atomic E-state index is 5.16. The van der Waals surface area contributed by atoms with Gasteiger partial charge < -0.3 is 5.32 Å². The van der Waals surface area contributed by atoms with Crippen LogP contribution in [0.5, 0.6) is 0 Å². The predicted molar refractivity (Wildman–Crippen MR) is 76.4 cm³/mol. The molecular weight excluding hydrogens is 226 g/mol. The highest BCUT2D eigenvalue weighted by molar-refractivity contribution is 7.99. The van der Waals surface area contributed by atoms with E-state index in [1.165, 1.54) is 15.7 Å². The minimum absolute atomic E-state index is 0.651. The number of benzene rings is 2. The number of rotatable bonds is 5. The third-order valence-corrected chi connectivity index (χ3v) is 3.49. The average Bonchev–Trinajstić information content (AvgIpc) is 2.38. The molecule has 17 heavy (non-hydrogen) atoms. The molecule has 0 atom stereocenters. The first-order valence-corrected chi connectivity index (χ1v) is 6.64. The van der Waals surface area contributed by atoms with E-state index in [1.54, 1.807) is 0 Å². The van der Waals surface area contributed by atoms with Crippen molar-refractivity contribution in [3.63, 3.8) is 0 Å². The molecule has 1 nitrogen and oxygen atoms in total. The maximum Gasteiger partial charge on any atom is 0.0574 e. The van der Waals surface area contributed by atoms with E-state index in [4.69, 9.17) is 6.42 Å². The largest absolute Gasteiger partial charge is 0.305 e. The van der Waals surface area contributed by atoms with Crippen molar-refractivity contribution in [3.05, 3.63) is 42.5 Å². The van der Waals surface area contributed by atoms with E-state index in [-0.39, 0.29) is 0 Å². The van der Waals surface area contributed by atoms with Crippen molar-refractivity contribution in [1.29, 1.82) is 0 Å². The SMILES string of the molecule is C#CCNCCSc1ccc2ccccc2c1. The number of thioether (sulfide) groups is 1. The summed E-state index contributed by atoms with van der Waals surface area (Å²) in [6.07, 6.45) is 5.16. The molecule has 2 rings (SSSR count). The Labute approximate surface area is 107 Å². The van der Waals surface area contributed by atoms with E-state index in [9.17, 15) is 0 Å². The Kier molecular flexibility index (Phi) is 4.49. The Balaban J connectivity index is 1.93. The standard InChI is InChI=1S/C15H15NS/c1-2-9-16-10-11-17-15-8-7-13-5-3-4-6-14(13)12-15/h1,3-8,12,16H,9-11H2. The van der Waals surface area contributed by atoms with Crippen LogP contribution < -0.4 is 5.32 Å². The lowest BCUT2D eigenvalue weighted by molar-refractivity contribution is 0.818. The third kappa shape index (κ3) is 3.52. The van der Waals surface area contributed by atoms with Crippen LogP contribution in [0, 0.1) is 12.3 Å². The molecule has 0 heterocycles. The van der Waals surface area contributed by atoms with Crippen LogP contribution in [-0.2, 0) is 0 Å². The number of fused-ring (bicyclic) bond motifs is 1. The molecule has 86 valence electrons. The fourth-order valence-electron chi connectivity index (χ4n) is 1.66. The summed E-state index contributed by atoms with van der Waals surface area (Å²) in [5.41, 5.74) is 0. The lowest BCUT2D eigenvalue weighted by atomic mass is 10.1. The Hall–Kier alpha value is -1.43. The Morgan fingerprint density at radius 1 is 1.12 bits per heavy atom. The van der Waals surface area contributed by atoms with Crippen LogP contribution in [-0.4, -0.2) is 18.8 Å². The van der Waals surface area contributed by atoms with Crippen molar-refractivity contribution in [1.82, 2.24) is 5.32 Å². The topological polar surface area (TPSA) is 12.0 Å². The first kappa shape index (κ1) is 12.0. The molecule has 1 N–H and O–H groups in total. The van der Waals surface area contributed by atoms with Gasteiger partial charge in [-0.15, -0.1) is 18.2 Å². The maximum atomic E-state index is 5.16. The first-order valence-electron chi connectivity index (χ1n) is 5.66. The summed E-state index contributed by atoms with van der Waals surface area (Å²) in [5, 5.41) is 5.78. The number of terminal acetylenes is 1. The highest BCUT2D eigenvalue weighted by atomic mass is 32.2. The second-order valence-corrected chi connectivity index (χ2v) is 4.91. The summed E-state index contributed by atoms with van der Waals surface area (Å²) in [6, 6.07) is 15.0. The molecule has 0 radical (unpaired) electrons. The van der Waals surface area contributed by atoms with Gasteiger partial charge >= 0.3 is 0 Å². The second-order valence-electron chi connectivity index (χ2n) is 3.74. The van der Waals surface area contributed by atoms with Gasteiger partial charge in [0.1, 0.15) is 0 Å². The molecule has 2 aromatic carbocycles. The van der Waals surface area contributed by atoms with Crippen LogP contribution in [0.25, 0.3) is 10.8 Å². The summed E-state index contributed by atoms with van der Waals surface area (Å²) < 4.78 is 0. The van der Waals surface area contributed by atoms with Gasteiger partial charge in [-0.25, -0.2) is 0 Å². The number of nitrogens with one attached hydrogen (secondary N) is 1. The third-order valence-electron chi connectivity index (χ3n) is 2.50. The van der Waals surface area contributed by atoms with E-state index >= 15 is 0 Å². The van der Waals surface area contributed by atoms with E-state index in [2.05, 4.69) is 53.7 Å². The normalized spacial score (nSPS) is 10.3. The van der Waals surface area contributed by atoms with Crippen LogP contribution >= 0.6 is 11.8 Å². The zero-order valence-electron chi connectivity index (χ0n) is 9.65. The predicted octanol–water partition coefficient (Wildman–Crippen LogP) is 3.15. The zero-order chi connectivity index (χ0) is 11.9. The number of hydrogen-bond acceptors (Lipinski definition) is 2. The van der Waals surface area contributed by atoms with Gasteiger partial charge in [-0.05, 0) is 22.9 Å². The summed E-state index contributed by atoms with van der Waals surface area (Å²) in [7, 11) is 0. The molecule has 0 amide bonds. The molecule has 0 unspecified atom stereocenters. The van der Waals surface area contributed by atoms with Gasteiger partial charge in [0.2, 0.25) is 0 Å². The van der Waals surface area contributed by atoms with Crippen molar-refractivity contribution >= 4 is 22.5 Å². The lowest BCUT2D eigenvalue weighted by Crippen LogP contribution is -2.16. The van der Waals surface area contributed by atoms with Crippen LogP contribution in [0.4, 0.5) is 0 Å². The van der Waals surface area contributed by atoms with Crippen LogP contribution in [0.15, 0.2) is 47.4 Å². The van der Waals surface area contributed by atoms with Crippen molar-refractivity contribution in [2.24, 2.45) is 0 Å². The van der Waals surface area contributed by atoms with E-state index in [0.717, 1.165) is 12.3 Å². The molecule has 0 aliphatic carbocycles. The molecule has 0 aromatic heterocycles. The Morgan fingerprint density at radius 2 is 1.94 bits per heavy atom. The van der Waals surface area contributed by atoms with Crippen LogP contribution in [0.3, 0.4) is 0 Å². The van der Waals surface area contributed by atoms with Crippen molar-refractivity contribution in [2.45, 2.75) is 4.90 Å². The zero-order valence-corrected chi connectivity index (χ0v) is 10.5. The average molecular weight is 241 g/mol. The summed E-state index contributed by atoms with van der Waals surface area (Å²) in [4.78, 5) is 1.31. The molecule has 2 aromatic rings. The summed E-state index contributed by atoms with van der Waals surface area (Å²) in [6.45, 7) is 1.60. The van der Waals surface area contributed by atoms with Crippen LogP contribution in [0.1, 0.15) is 0 Å². The smallest absolute Gasteiger partial charge is 0.0574 e. The highest BCUT2D eigenvalue weighted by Crippen LogP contribution is 2.23. The Bertz CT molecular complexity index is 528. The van der Waals surface area contributed by atoms with Crippen molar-refractivity contribution < 1.29 is 0 Å². The molecule has 0 aliphatic heterocycles. The minimum atomic E-state index is 0.651. The summed E-state index contributed by atoms with van der Waals surface area (Å²) >= 11 is 1.85. The van der Waals surface area contributed by atoms with Gasteiger partial charge in [0.25, 0.3) is 0 Å². The Morgan fingerprint density at radius 3 is 2.76 bits per heavy atom. The monoisotopic (exact) mass is 241 g/mol. The second kappa shape index (κ2) is 6.34. The van der Waals surface area contributed by atoms with Gasteiger partial charge in [0.05, 0.1) is 6.54 Å². The van der Waals surface area contributed by atoms with E-state index in [0.29, 0.717) is 6.54 Å². The molecule has 0 saturated carbocycles. The van der Waals surface area contributed by atoms with E-state index in [1.807, 2.05) is 11.8 Å². The lowest BCUT2D eigenvalue weighted by Gasteiger charge is -2.04. The van der Waals surface area contributed by atoms with Gasteiger partial charge in [-0.2, -0.15) is 0 Å². The molecule has 0 bridgehead atoms. The minimum Gasteiger partial charge on any atom is -0.305 e. The fourth-order valence-corrected chi connectivity index (χ4v) is 2.52. The highest BCUT2D eigenvalue weighted by Gasteiger charge is 1.96. The van der Waals surface area contributed by atoms with Crippen molar-refractivity contribution in [3.8, 4) is 12.3 Å². The number of hydrogen-bond donors (Lipinski definition) is 1. The molecule has 0 saturated heterocycles. The molecule has 2 heteroatoms. The van der Waals surface area contributed by atoms with Gasteiger partial charge in [-0.3, -0.25) is 0 Å². The quantitative estimate of drug-likeness (QED) is 0.490. The first-order chi connectivity index (χ1) is 8.40. The fraction of sp³-hybridized carbons (Fsp3) is 0.200. The molecule has 0 fully saturated rings. The molecule has 0 aliphatic rings. The molecule has 0 spiro atoms. The van der Waals surface area contributed by atoms with Gasteiger partial charge in [0.15, 0.2) is 0 Å². The van der Waals surface area contributed by atoms with Gasteiger partial charge in [-0.1, -0.05) is 36.3 Å². The molecular formula is C15H15NS. The van der Waals surface area contributed by atoms with Crippen molar-refractivity contribution in [2.75, 3.05) is 18.8 Å². The van der Waals surface area contributed by atoms with Gasteiger partial charge in [0, 0.05) is 17.2 Å².